The monoisotopic (exact) mass is 451 g/mol. The molecular formula is C21H29N3O8. The molecule has 11 heteroatoms. The number of methoxy groups -OCH3 is 1. The number of nitro benzene ring substituents is 1. The van der Waals surface area contributed by atoms with Crippen molar-refractivity contribution in [3.8, 4) is 11.5 Å². The van der Waals surface area contributed by atoms with Crippen LogP contribution in [0.1, 0.15) is 37.0 Å². The molecule has 1 aliphatic heterocycles. The second-order valence-electron chi connectivity index (χ2n) is 7.30. The van der Waals surface area contributed by atoms with Gasteiger partial charge in [-0.2, -0.15) is 0 Å². The molecule has 1 saturated heterocycles. The number of hydrogen-bond donors (Lipinski definition) is 0. The number of rotatable bonds is 9. The quantitative estimate of drug-likeness (QED) is 0.316. The highest BCUT2D eigenvalue weighted by atomic mass is 16.6. The first kappa shape index (κ1) is 24.9. The maximum absolute atomic E-state index is 13.0. The van der Waals surface area contributed by atoms with Gasteiger partial charge in [0.2, 0.25) is 5.91 Å². The molecule has 0 aliphatic carbocycles. The second-order valence-corrected chi connectivity index (χ2v) is 7.30. The van der Waals surface area contributed by atoms with Gasteiger partial charge in [-0.15, -0.1) is 0 Å². The van der Waals surface area contributed by atoms with E-state index >= 15 is 0 Å². The molecule has 176 valence electrons. The summed E-state index contributed by atoms with van der Waals surface area (Å²) >= 11 is 0. The Bertz CT molecular complexity index is 873. The van der Waals surface area contributed by atoms with Crippen LogP contribution in [-0.4, -0.2) is 79.5 Å². The summed E-state index contributed by atoms with van der Waals surface area (Å²) in [4.78, 5) is 51.2. The van der Waals surface area contributed by atoms with Crippen LogP contribution in [0.3, 0.4) is 0 Å². The molecular weight excluding hydrogens is 422 g/mol. The summed E-state index contributed by atoms with van der Waals surface area (Å²) in [7, 11) is 2.73. The van der Waals surface area contributed by atoms with E-state index in [1.165, 1.54) is 25.1 Å². The lowest BCUT2D eigenvalue weighted by Crippen LogP contribution is -2.47. The van der Waals surface area contributed by atoms with Crippen molar-refractivity contribution in [2.75, 3.05) is 47.0 Å². The number of carbonyl (C=O) groups excluding carboxylic acids is 3. The summed E-state index contributed by atoms with van der Waals surface area (Å²) in [6.07, 6.45) is 1.28. The first-order valence-electron chi connectivity index (χ1n) is 10.4. The van der Waals surface area contributed by atoms with Crippen LogP contribution >= 0.6 is 0 Å². The van der Waals surface area contributed by atoms with Crippen molar-refractivity contribution in [3.63, 3.8) is 0 Å². The number of nitro groups is 1. The summed E-state index contributed by atoms with van der Waals surface area (Å²) in [6.45, 7) is 4.39. The first-order chi connectivity index (χ1) is 15.2. The summed E-state index contributed by atoms with van der Waals surface area (Å²) in [5.41, 5.74) is -0.660. The minimum Gasteiger partial charge on any atom is -0.493 e. The van der Waals surface area contributed by atoms with Gasteiger partial charge in [0.05, 0.1) is 43.8 Å². The predicted octanol–water partition coefficient (Wildman–Crippen LogP) is 1.88. The van der Waals surface area contributed by atoms with E-state index in [1.807, 2.05) is 0 Å². The largest absolute Gasteiger partial charge is 0.493 e. The number of likely N-dealkylation sites (N-methyl/N-ethyl adjacent to an activating group) is 1. The molecule has 0 N–H and O–H groups in total. The topological polar surface area (TPSA) is 129 Å². The van der Waals surface area contributed by atoms with Crippen LogP contribution in [0.4, 0.5) is 5.69 Å². The van der Waals surface area contributed by atoms with E-state index < -0.39 is 22.4 Å². The van der Waals surface area contributed by atoms with Gasteiger partial charge in [-0.1, -0.05) is 0 Å². The Kier molecular flexibility index (Phi) is 8.80. The Labute approximate surface area is 186 Å². The maximum atomic E-state index is 13.0. The van der Waals surface area contributed by atoms with Crippen LogP contribution in [0.5, 0.6) is 11.5 Å². The number of carbonyl (C=O) groups is 3. The number of amides is 2. The SMILES string of the molecule is CCOC(=O)C1CCCN(C(=O)CN(C)C(=O)c2cc(OCC)c(OC)cc2[N+](=O)[O-])C1. The zero-order chi connectivity index (χ0) is 23.8. The smallest absolute Gasteiger partial charge is 0.310 e. The number of hydrogen-bond acceptors (Lipinski definition) is 8. The third kappa shape index (κ3) is 5.86. The van der Waals surface area contributed by atoms with E-state index in [1.54, 1.807) is 13.8 Å². The predicted molar refractivity (Wildman–Crippen MR) is 114 cm³/mol. The fourth-order valence-electron chi connectivity index (χ4n) is 3.54. The van der Waals surface area contributed by atoms with Gasteiger partial charge in [0.1, 0.15) is 5.56 Å². The van der Waals surface area contributed by atoms with E-state index in [2.05, 4.69) is 0 Å². The van der Waals surface area contributed by atoms with E-state index in [0.29, 0.717) is 19.4 Å². The van der Waals surface area contributed by atoms with Gasteiger partial charge in [0, 0.05) is 26.2 Å². The van der Waals surface area contributed by atoms with Gasteiger partial charge in [-0.3, -0.25) is 24.5 Å². The van der Waals surface area contributed by atoms with Gasteiger partial charge in [0.15, 0.2) is 11.5 Å². The van der Waals surface area contributed by atoms with E-state index in [0.717, 1.165) is 11.0 Å². The zero-order valence-electron chi connectivity index (χ0n) is 18.8. The lowest BCUT2D eigenvalue weighted by molar-refractivity contribution is -0.385. The van der Waals surface area contributed by atoms with E-state index in [4.69, 9.17) is 14.2 Å². The molecule has 0 bridgehead atoms. The number of likely N-dealkylation sites (tertiary alicyclic amines) is 1. The fraction of sp³-hybridized carbons (Fsp3) is 0.571. The molecule has 11 nitrogen and oxygen atoms in total. The molecule has 1 aromatic rings. The van der Waals surface area contributed by atoms with E-state index in [9.17, 15) is 24.5 Å². The standard InChI is InChI=1S/C21H29N3O8/c1-5-31-18-10-15(16(24(28)29)11-17(18)30-4)20(26)22(3)13-19(25)23-9-7-8-14(12-23)21(27)32-6-2/h10-11,14H,5-9,12-13H2,1-4H3. The summed E-state index contributed by atoms with van der Waals surface area (Å²) in [6, 6.07) is 2.38. The molecule has 1 atom stereocenters. The number of ether oxygens (including phenoxy) is 3. The molecule has 0 spiro atoms. The van der Waals surface area contributed by atoms with Crippen molar-refractivity contribution >= 4 is 23.5 Å². The molecule has 1 aliphatic rings. The molecule has 0 aromatic heterocycles. The van der Waals surface area contributed by atoms with Crippen LogP contribution in [0, 0.1) is 16.0 Å². The van der Waals surface area contributed by atoms with Crippen molar-refractivity contribution in [2.45, 2.75) is 26.7 Å². The van der Waals surface area contributed by atoms with Gasteiger partial charge in [0.25, 0.3) is 11.6 Å². The molecule has 1 fully saturated rings. The molecule has 0 saturated carbocycles. The van der Waals surface area contributed by atoms with Gasteiger partial charge >= 0.3 is 5.97 Å². The van der Waals surface area contributed by atoms with Gasteiger partial charge in [-0.05, 0) is 26.7 Å². The highest BCUT2D eigenvalue weighted by Gasteiger charge is 2.32. The van der Waals surface area contributed by atoms with Crippen LogP contribution < -0.4 is 9.47 Å². The third-order valence-electron chi connectivity index (χ3n) is 5.12. The summed E-state index contributed by atoms with van der Waals surface area (Å²) in [5.74, 6) is -1.47. The Morgan fingerprint density at radius 3 is 2.53 bits per heavy atom. The lowest BCUT2D eigenvalue weighted by atomic mass is 9.98. The Morgan fingerprint density at radius 2 is 1.94 bits per heavy atom. The summed E-state index contributed by atoms with van der Waals surface area (Å²) < 4.78 is 15.6. The molecule has 2 rings (SSSR count). The van der Waals surface area contributed by atoms with Crippen molar-refractivity contribution < 1.29 is 33.5 Å². The second kappa shape index (κ2) is 11.3. The molecule has 1 aromatic carbocycles. The first-order valence-corrected chi connectivity index (χ1v) is 10.4. The average molecular weight is 451 g/mol. The van der Waals surface area contributed by atoms with Crippen LogP contribution in [0.15, 0.2) is 12.1 Å². The van der Waals surface area contributed by atoms with E-state index in [-0.39, 0.29) is 55.2 Å². The van der Waals surface area contributed by atoms with Crippen molar-refractivity contribution in [2.24, 2.45) is 5.92 Å². The normalized spacial score (nSPS) is 15.6. The summed E-state index contributed by atoms with van der Waals surface area (Å²) in [5, 5.41) is 11.5. The Hall–Kier alpha value is -3.37. The Morgan fingerprint density at radius 1 is 1.22 bits per heavy atom. The van der Waals surface area contributed by atoms with Crippen molar-refractivity contribution in [3.05, 3.63) is 27.8 Å². The fourth-order valence-corrected chi connectivity index (χ4v) is 3.54. The van der Waals surface area contributed by atoms with Crippen LogP contribution in [0.25, 0.3) is 0 Å². The number of benzene rings is 1. The number of esters is 1. The maximum Gasteiger partial charge on any atom is 0.310 e. The van der Waals surface area contributed by atoms with Gasteiger partial charge in [-0.25, -0.2) is 0 Å². The zero-order valence-corrected chi connectivity index (χ0v) is 18.8. The minimum atomic E-state index is -0.701. The average Bonchev–Trinajstić information content (AvgIpc) is 2.78. The van der Waals surface area contributed by atoms with Gasteiger partial charge < -0.3 is 24.0 Å². The number of nitrogens with zero attached hydrogens (tertiary/aromatic N) is 3. The third-order valence-corrected chi connectivity index (χ3v) is 5.12. The highest BCUT2D eigenvalue weighted by molar-refractivity contribution is 6.00. The lowest BCUT2D eigenvalue weighted by Gasteiger charge is -2.32. The molecule has 1 unspecified atom stereocenters. The molecule has 32 heavy (non-hydrogen) atoms. The molecule has 2 amide bonds. The molecule has 0 radical (unpaired) electrons. The minimum absolute atomic E-state index is 0.132. The van der Waals surface area contributed by atoms with Crippen molar-refractivity contribution in [1.82, 2.24) is 9.80 Å². The van der Waals surface area contributed by atoms with Crippen molar-refractivity contribution in [1.29, 1.82) is 0 Å². The molecule has 1 heterocycles. The van der Waals surface area contributed by atoms with Crippen LogP contribution in [-0.2, 0) is 14.3 Å². The number of piperidine rings is 1. The van der Waals surface area contributed by atoms with Crippen LogP contribution in [0.2, 0.25) is 0 Å². The highest BCUT2D eigenvalue weighted by Crippen LogP contribution is 2.35. The Balaban J connectivity index is 2.17.